The van der Waals surface area contributed by atoms with Crippen molar-refractivity contribution in [2.45, 2.75) is 5.41 Å². The van der Waals surface area contributed by atoms with Gasteiger partial charge in [-0.25, -0.2) is 0 Å². The first kappa shape index (κ1) is 29.3. The van der Waals surface area contributed by atoms with Crippen LogP contribution >= 0.6 is 0 Å². The van der Waals surface area contributed by atoms with E-state index in [4.69, 9.17) is 9.15 Å². The van der Waals surface area contributed by atoms with Gasteiger partial charge in [-0.2, -0.15) is 0 Å². The minimum Gasteiger partial charge on any atom is -0.456 e. The maximum atomic E-state index is 6.73. The molecule has 0 saturated heterocycles. The first-order valence-electron chi connectivity index (χ1n) is 19.0. The summed E-state index contributed by atoms with van der Waals surface area (Å²) in [7, 11) is 0. The van der Waals surface area contributed by atoms with Crippen LogP contribution in [0.3, 0.4) is 0 Å². The monoisotopic (exact) mass is 698 g/mol. The molecule has 2 aliphatic carbocycles. The zero-order valence-corrected chi connectivity index (χ0v) is 29.6. The summed E-state index contributed by atoms with van der Waals surface area (Å²) in [5, 5.41) is 4.60. The molecule has 1 aliphatic heterocycles. The number of furan rings is 1. The van der Waals surface area contributed by atoms with Gasteiger partial charge in [0.15, 0.2) is 0 Å². The predicted molar refractivity (Wildman–Crippen MR) is 224 cm³/mol. The summed E-state index contributed by atoms with van der Waals surface area (Å²) in [6.07, 6.45) is 0. The number of benzene rings is 9. The maximum Gasteiger partial charge on any atom is 0.136 e. The summed E-state index contributed by atoms with van der Waals surface area (Å²) in [6.45, 7) is 0. The summed E-state index contributed by atoms with van der Waals surface area (Å²) < 4.78 is 13.0. The van der Waals surface area contributed by atoms with Crippen LogP contribution in [0.25, 0.3) is 88.3 Å². The highest BCUT2D eigenvalue weighted by Gasteiger charge is 2.51. The first-order valence-corrected chi connectivity index (χ1v) is 19.0. The lowest BCUT2D eigenvalue weighted by molar-refractivity contribution is 0.487. The van der Waals surface area contributed by atoms with E-state index in [9.17, 15) is 0 Å². The second-order valence-electron chi connectivity index (χ2n) is 15.1. The smallest absolute Gasteiger partial charge is 0.136 e. The van der Waals surface area contributed by atoms with Crippen LogP contribution in [0.5, 0.6) is 11.5 Å². The average molecular weight is 699 g/mol. The molecule has 0 N–H and O–H groups in total. The Morgan fingerprint density at radius 3 is 1.64 bits per heavy atom. The topological polar surface area (TPSA) is 22.4 Å². The van der Waals surface area contributed by atoms with Gasteiger partial charge >= 0.3 is 0 Å². The number of hydrogen-bond acceptors (Lipinski definition) is 2. The highest BCUT2D eigenvalue weighted by Crippen LogP contribution is 2.63. The van der Waals surface area contributed by atoms with Gasteiger partial charge in [-0.1, -0.05) is 146 Å². The van der Waals surface area contributed by atoms with Crippen LogP contribution in [0.1, 0.15) is 22.3 Å². The zero-order valence-electron chi connectivity index (χ0n) is 29.6. The van der Waals surface area contributed by atoms with Crippen molar-refractivity contribution < 1.29 is 9.15 Å². The zero-order chi connectivity index (χ0) is 35.8. The number of fused-ring (bicyclic) bond motifs is 15. The highest BCUT2D eigenvalue weighted by atomic mass is 16.5. The van der Waals surface area contributed by atoms with Crippen molar-refractivity contribution in [1.29, 1.82) is 0 Å². The SMILES string of the molecule is c1ccc2c(c1)-c1ccccc1C21c2ccccc2-c2ccc(-c3ccc4c5c(cccc35)-c3cc(-c5cccc6oc7ccccc7c56)ccc3O4)cc21. The second kappa shape index (κ2) is 10.5. The van der Waals surface area contributed by atoms with E-state index in [2.05, 4.69) is 170 Å². The van der Waals surface area contributed by atoms with Gasteiger partial charge in [-0.05, 0) is 114 Å². The molecule has 0 radical (unpaired) electrons. The van der Waals surface area contributed by atoms with Crippen LogP contribution in [-0.2, 0) is 5.41 Å². The predicted octanol–water partition coefficient (Wildman–Crippen LogP) is 14.2. The molecule has 0 fully saturated rings. The average Bonchev–Trinajstić information content (AvgIpc) is 3.88. The summed E-state index contributed by atoms with van der Waals surface area (Å²) in [5.74, 6) is 1.76. The molecule has 0 saturated carbocycles. The Labute approximate surface area is 317 Å². The van der Waals surface area contributed by atoms with Crippen molar-refractivity contribution in [3.8, 4) is 67.1 Å². The van der Waals surface area contributed by atoms with E-state index in [-0.39, 0.29) is 5.41 Å². The fraction of sp³-hybridized carbons (Fsp3) is 0.0189. The quantitative estimate of drug-likeness (QED) is 0.179. The van der Waals surface area contributed by atoms with E-state index < -0.39 is 0 Å². The van der Waals surface area contributed by atoms with Crippen LogP contribution < -0.4 is 4.74 Å². The van der Waals surface area contributed by atoms with E-state index in [0.29, 0.717) is 0 Å². The molecular weight excluding hydrogens is 669 g/mol. The Hall–Kier alpha value is -7.16. The van der Waals surface area contributed by atoms with Gasteiger partial charge < -0.3 is 9.15 Å². The van der Waals surface area contributed by atoms with Crippen molar-refractivity contribution in [3.05, 3.63) is 204 Å². The van der Waals surface area contributed by atoms with E-state index in [1.807, 2.05) is 12.1 Å². The van der Waals surface area contributed by atoms with E-state index in [1.54, 1.807) is 0 Å². The fourth-order valence-electron chi connectivity index (χ4n) is 10.3. The van der Waals surface area contributed by atoms with E-state index in [0.717, 1.165) is 55.5 Å². The van der Waals surface area contributed by atoms with Gasteiger partial charge in [0.25, 0.3) is 0 Å². The largest absolute Gasteiger partial charge is 0.456 e. The van der Waals surface area contributed by atoms with Crippen LogP contribution in [-0.4, -0.2) is 0 Å². The molecule has 3 aliphatic rings. The Morgan fingerprint density at radius 1 is 0.309 bits per heavy atom. The van der Waals surface area contributed by atoms with Crippen LogP contribution in [0.4, 0.5) is 0 Å². The number of hydrogen-bond donors (Lipinski definition) is 0. The third-order valence-electron chi connectivity index (χ3n) is 12.5. The fourth-order valence-corrected chi connectivity index (χ4v) is 10.3. The van der Waals surface area contributed by atoms with Crippen LogP contribution in [0, 0.1) is 0 Å². The summed E-state index contributed by atoms with van der Waals surface area (Å²) >= 11 is 0. The van der Waals surface area contributed by atoms with Crippen molar-refractivity contribution >= 4 is 32.7 Å². The van der Waals surface area contributed by atoms with Gasteiger partial charge in [0.2, 0.25) is 0 Å². The molecular formula is C53H30O2. The molecule has 0 amide bonds. The molecule has 2 nitrogen and oxygen atoms in total. The summed E-state index contributed by atoms with van der Waals surface area (Å²) in [6, 6.07) is 66.5. The lowest BCUT2D eigenvalue weighted by Gasteiger charge is -2.30. The lowest BCUT2D eigenvalue weighted by atomic mass is 9.70. The van der Waals surface area contributed by atoms with Crippen LogP contribution in [0.2, 0.25) is 0 Å². The molecule has 9 aromatic carbocycles. The van der Waals surface area contributed by atoms with Crippen molar-refractivity contribution in [2.75, 3.05) is 0 Å². The van der Waals surface area contributed by atoms with Crippen molar-refractivity contribution in [1.82, 2.24) is 0 Å². The van der Waals surface area contributed by atoms with Gasteiger partial charge in [-0.3, -0.25) is 0 Å². The molecule has 1 aromatic heterocycles. The minimum absolute atomic E-state index is 0.386. The number of rotatable bonds is 2. The number of ether oxygens (including phenoxy) is 1. The Balaban J connectivity index is 1.01. The lowest BCUT2D eigenvalue weighted by Crippen LogP contribution is -2.25. The highest BCUT2D eigenvalue weighted by molar-refractivity contribution is 6.14. The Bertz CT molecular complexity index is 3240. The third-order valence-corrected chi connectivity index (χ3v) is 12.5. The Morgan fingerprint density at radius 2 is 0.855 bits per heavy atom. The molecule has 0 atom stereocenters. The van der Waals surface area contributed by atoms with Gasteiger partial charge in [0.05, 0.1) is 5.41 Å². The van der Waals surface area contributed by atoms with Gasteiger partial charge in [0.1, 0.15) is 22.7 Å². The van der Waals surface area contributed by atoms with Crippen molar-refractivity contribution in [2.24, 2.45) is 0 Å². The van der Waals surface area contributed by atoms with E-state index >= 15 is 0 Å². The molecule has 55 heavy (non-hydrogen) atoms. The molecule has 0 bridgehead atoms. The maximum absolute atomic E-state index is 6.73. The molecule has 254 valence electrons. The molecule has 0 unspecified atom stereocenters. The molecule has 13 rings (SSSR count). The molecule has 2 heteroatoms. The molecule has 2 heterocycles. The van der Waals surface area contributed by atoms with E-state index in [1.165, 1.54) is 66.6 Å². The minimum atomic E-state index is -0.386. The van der Waals surface area contributed by atoms with Crippen LogP contribution in [0.15, 0.2) is 186 Å². The van der Waals surface area contributed by atoms with Gasteiger partial charge in [0, 0.05) is 21.7 Å². The summed E-state index contributed by atoms with van der Waals surface area (Å²) in [5.41, 5.74) is 19.1. The number of para-hydroxylation sites is 1. The standard InChI is InChI=1S/C53H30O2/c1-5-18-43-35(11-1)36-12-2-6-19-44(36)53(43)45-20-7-3-13-37(45)38-25-23-32(30-46(38)53)33-26-28-50-52-39(33)16-9-17-40(52)42-29-31(24-27-48(42)55-50)34-15-10-22-49-51(34)41-14-4-8-21-47(41)54-49/h1-30H. The first-order chi connectivity index (χ1) is 27.3. The normalized spacial score (nSPS) is 13.7. The Kier molecular flexibility index (Phi) is 5.59. The second-order valence-corrected chi connectivity index (χ2v) is 15.1. The summed E-state index contributed by atoms with van der Waals surface area (Å²) in [4.78, 5) is 0. The van der Waals surface area contributed by atoms with Gasteiger partial charge in [-0.15, -0.1) is 0 Å². The molecule has 10 aromatic rings. The third kappa shape index (κ3) is 3.69. The van der Waals surface area contributed by atoms with Crippen molar-refractivity contribution in [3.63, 3.8) is 0 Å². The molecule has 1 spiro atoms.